The summed E-state index contributed by atoms with van der Waals surface area (Å²) in [7, 11) is 0. The number of nitrogens with one attached hydrogen (secondary N) is 1. The van der Waals surface area contributed by atoms with Crippen LogP contribution in [0.2, 0.25) is 0 Å². The van der Waals surface area contributed by atoms with Crippen LogP contribution in [0.15, 0.2) is 24.3 Å². The Morgan fingerprint density at radius 1 is 1.53 bits per heavy atom. The SMILES string of the molecule is Cc1cccc(OC[C@@H]2CNCCO2)c1. The Morgan fingerprint density at radius 2 is 2.47 bits per heavy atom. The molecule has 1 heterocycles. The third-order valence-electron chi connectivity index (χ3n) is 2.43. The zero-order valence-corrected chi connectivity index (χ0v) is 9.03. The topological polar surface area (TPSA) is 30.5 Å². The number of hydrogen-bond acceptors (Lipinski definition) is 3. The summed E-state index contributed by atoms with van der Waals surface area (Å²) < 4.78 is 11.2. The summed E-state index contributed by atoms with van der Waals surface area (Å²) in [5.41, 5.74) is 1.22. The molecule has 3 nitrogen and oxygen atoms in total. The van der Waals surface area contributed by atoms with E-state index in [9.17, 15) is 0 Å². The van der Waals surface area contributed by atoms with E-state index >= 15 is 0 Å². The monoisotopic (exact) mass is 207 g/mol. The second kappa shape index (κ2) is 5.14. The minimum Gasteiger partial charge on any atom is -0.491 e. The molecule has 0 saturated carbocycles. The van der Waals surface area contributed by atoms with Gasteiger partial charge in [-0.25, -0.2) is 0 Å². The predicted molar refractivity (Wildman–Crippen MR) is 59.3 cm³/mol. The van der Waals surface area contributed by atoms with Crippen LogP contribution in [0.5, 0.6) is 5.75 Å². The number of ether oxygens (including phenoxy) is 2. The molecule has 0 spiro atoms. The van der Waals surface area contributed by atoms with E-state index in [0.29, 0.717) is 6.61 Å². The smallest absolute Gasteiger partial charge is 0.119 e. The Morgan fingerprint density at radius 3 is 3.20 bits per heavy atom. The van der Waals surface area contributed by atoms with Gasteiger partial charge in [0.25, 0.3) is 0 Å². The molecular formula is C12H17NO2. The van der Waals surface area contributed by atoms with Crippen LogP contribution in [-0.4, -0.2) is 32.4 Å². The maximum Gasteiger partial charge on any atom is 0.119 e. The van der Waals surface area contributed by atoms with Gasteiger partial charge in [-0.05, 0) is 24.6 Å². The minimum atomic E-state index is 0.180. The lowest BCUT2D eigenvalue weighted by molar-refractivity contribution is 0.000185. The minimum absolute atomic E-state index is 0.180. The lowest BCUT2D eigenvalue weighted by Gasteiger charge is -2.23. The fourth-order valence-electron chi connectivity index (χ4n) is 1.62. The molecule has 0 radical (unpaired) electrons. The first-order valence-corrected chi connectivity index (χ1v) is 5.36. The lowest BCUT2D eigenvalue weighted by atomic mass is 10.2. The summed E-state index contributed by atoms with van der Waals surface area (Å²) in [4.78, 5) is 0. The molecule has 1 aromatic carbocycles. The van der Waals surface area contributed by atoms with Crippen LogP contribution in [0.4, 0.5) is 0 Å². The van der Waals surface area contributed by atoms with Crippen LogP contribution in [0.25, 0.3) is 0 Å². The van der Waals surface area contributed by atoms with Gasteiger partial charge in [0.2, 0.25) is 0 Å². The van der Waals surface area contributed by atoms with Gasteiger partial charge in [-0.2, -0.15) is 0 Å². The van der Waals surface area contributed by atoms with Crippen molar-refractivity contribution in [1.82, 2.24) is 5.32 Å². The van der Waals surface area contributed by atoms with Gasteiger partial charge in [-0.3, -0.25) is 0 Å². The summed E-state index contributed by atoms with van der Waals surface area (Å²) in [5, 5.41) is 3.28. The summed E-state index contributed by atoms with van der Waals surface area (Å²) >= 11 is 0. The maximum absolute atomic E-state index is 5.66. The molecule has 1 aliphatic heterocycles. The van der Waals surface area contributed by atoms with Crippen molar-refractivity contribution in [2.75, 3.05) is 26.3 Å². The Kier molecular flexibility index (Phi) is 3.59. The van der Waals surface area contributed by atoms with Crippen LogP contribution >= 0.6 is 0 Å². The first kappa shape index (κ1) is 10.5. The number of rotatable bonds is 3. The lowest BCUT2D eigenvalue weighted by Crippen LogP contribution is -2.41. The highest BCUT2D eigenvalue weighted by Crippen LogP contribution is 2.13. The van der Waals surface area contributed by atoms with E-state index in [2.05, 4.69) is 18.3 Å². The van der Waals surface area contributed by atoms with Crippen LogP contribution in [0, 0.1) is 6.92 Å². The molecule has 3 heteroatoms. The molecule has 1 saturated heterocycles. The van der Waals surface area contributed by atoms with Crippen molar-refractivity contribution in [3.63, 3.8) is 0 Å². The van der Waals surface area contributed by atoms with E-state index in [4.69, 9.17) is 9.47 Å². The van der Waals surface area contributed by atoms with Crippen molar-refractivity contribution < 1.29 is 9.47 Å². The number of morpholine rings is 1. The first-order chi connectivity index (χ1) is 7.34. The summed E-state index contributed by atoms with van der Waals surface area (Å²) in [5.74, 6) is 0.921. The number of aryl methyl sites for hydroxylation is 1. The molecule has 1 N–H and O–H groups in total. The van der Waals surface area contributed by atoms with Gasteiger partial charge in [0.1, 0.15) is 18.5 Å². The van der Waals surface area contributed by atoms with Gasteiger partial charge >= 0.3 is 0 Å². The highest BCUT2D eigenvalue weighted by molar-refractivity contribution is 5.27. The standard InChI is InChI=1S/C12H17NO2/c1-10-3-2-4-11(7-10)15-9-12-8-13-5-6-14-12/h2-4,7,12-13H,5-6,8-9H2,1H3/t12-/m0/s1. The van der Waals surface area contributed by atoms with Gasteiger partial charge in [-0.15, -0.1) is 0 Å². The zero-order chi connectivity index (χ0) is 10.5. The van der Waals surface area contributed by atoms with Crippen molar-refractivity contribution in [3.8, 4) is 5.75 Å². The van der Waals surface area contributed by atoms with Crippen molar-refractivity contribution in [2.24, 2.45) is 0 Å². The van der Waals surface area contributed by atoms with Gasteiger partial charge in [-0.1, -0.05) is 12.1 Å². The molecule has 0 bridgehead atoms. The van der Waals surface area contributed by atoms with E-state index in [0.717, 1.165) is 25.4 Å². The number of benzene rings is 1. The molecule has 1 fully saturated rings. The van der Waals surface area contributed by atoms with E-state index in [1.807, 2.05) is 18.2 Å². The maximum atomic E-state index is 5.66. The molecular weight excluding hydrogens is 190 g/mol. The Balaban J connectivity index is 1.81. The summed E-state index contributed by atoms with van der Waals surface area (Å²) in [6.45, 7) is 5.29. The van der Waals surface area contributed by atoms with Crippen molar-refractivity contribution in [1.29, 1.82) is 0 Å². The predicted octanol–water partition coefficient (Wildman–Crippen LogP) is 1.36. The van der Waals surface area contributed by atoms with Crippen LogP contribution in [0.1, 0.15) is 5.56 Å². The highest BCUT2D eigenvalue weighted by Gasteiger charge is 2.13. The van der Waals surface area contributed by atoms with E-state index in [1.54, 1.807) is 0 Å². The largest absolute Gasteiger partial charge is 0.491 e. The van der Waals surface area contributed by atoms with Gasteiger partial charge in [0.15, 0.2) is 0 Å². The normalized spacial score (nSPS) is 21.3. The number of hydrogen-bond donors (Lipinski definition) is 1. The molecule has 82 valence electrons. The fraction of sp³-hybridized carbons (Fsp3) is 0.500. The zero-order valence-electron chi connectivity index (χ0n) is 9.03. The second-order valence-electron chi connectivity index (χ2n) is 3.82. The van der Waals surface area contributed by atoms with Gasteiger partial charge in [0, 0.05) is 13.1 Å². The average Bonchev–Trinajstić information content (AvgIpc) is 2.28. The first-order valence-electron chi connectivity index (χ1n) is 5.36. The molecule has 1 atom stereocenters. The quantitative estimate of drug-likeness (QED) is 0.812. The summed E-state index contributed by atoms with van der Waals surface area (Å²) in [6, 6.07) is 8.08. The van der Waals surface area contributed by atoms with Gasteiger partial charge < -0.3 is 14.8 Å². The molecule has 0 aliphatic carbocycles. The van der Waals surface area contributed by atoms with Gasteiger partial charge in [0.05, 0.1) is 6.61 Å². The second-order valence-corrected chi connectivity index (χ2v) is 3.82. The van der Waals surface area contributed by atoms with E-state index < -0.39 is 0 Å². The Bertz CT molecular complexity index is 308. The molecule has 0 amide bonds. The highest BCUT2D eigenvalue weighted by atomic mass is 16.5. The summed E-state index contributed by atoms with van der Waals surface area (Å²) in [6.07, 6.45) is 0.180. The van der Waals surface area contributed by atoms with Crippen molar-refractivity contribution >= 4 is 0 Å². The molecule has 0 aromatic heterocycles. The molecule has 2 rings (SSSR count). The molecule has 0 unspecified atom stereocenters. The third-order valence-corrected chi connectivity index (χ3v) is 2.43. The van der Waals surface area contributed by atoms with Crippen LogP contribution in [0.3, 0.4) is 0 Å². The third kappa shape index (κ3) is 3.22. The Labute approximate surface area is 90.4 Å². The van der Waals surface area contributed by atoms with Crippen molar-refractivity contribution in [3.05, 3.63) is 29.8 Å². The molecule has 1 aromatic rings. The Hall–Kier alpha value is -1.06. The van der Waals surface area contributed by atoms with Crippen LogP contribution in [-0.2, 0) is 4.74 Å². The van der Waals surface area contributed by atoms with E-state index in [1.165, 1.54) is 5.56 Å². The van der Waals surface area contributed by atoms with E-state index in [-0.39, 0.29) is 6.10 Å². The average molecular weight is 207 g/mol. The fourth-order valence-corrected chi connectivity index (χ4v) is 1.62. The van der Waals surface area contributed by atoms with Crippen molar-refractivity contribution in [2.45, 2.75) is 13.0 Å². The van der Waals surface area contributed by atoms with Crippen LogP contribution < -0.4 is 10.1 Å². The molecule has 1 aliphatic rings. The molecule has 15 heavy (non-hydrogen) atoms.